The molecule has 0 aliphatic heterocycles. The zero-order chi connectivity index (χ0) is 23.2. The molecule has 0 radical (unpaired) electrons. The van der Waals surface area contributed by atoms with Crippen LogP contribution in [0.5, 0.6) is 0 Å². The van der Waals surface area contributed by atoms with Crippen LogP contribution in [0.3, 0.4) is 0 Å². The predicted octanol–water partition coefficient (Wildman–Crippen LogP) is 5.48. The van der Waals surface area contributed by atoms with E-state index < -0.39 is 0 Å². The molecule has 4 rings (SSSR count). The molecule has 7 heteroatoms. The summed E-state index contributed by atoms with van der Waals surface area (Å²) in [7, 11) is 0. The smallest absolute Gasteiger partial charge is 0.255 e. The lowest BCUT2D eigenvalue weighted by molar-refractivity contribution is -0.129. The van der Waals surface area contributed by atoms with Gasteiger partial charge in [-0.25, -0.2) is 4.98 Å². The minimum absolute atomic E-state index is 0.0329. The van der Waals surface area contributed by atoms with Crippen molar-refractivity contribution in [2.45, 2.75) is 31.3 Å². The third kappa shape index (κ3) is 5.81. The van der Waals surface area contributed by atoms with Crippen LogP contribution in [-0.2, 0) is 17.1 Å². The summed E-state index contributed by atoms with van der Waals surface area (Å²) in [6.07, 6.45) is 0. The number of fused-ring (bicyclic) bond motifs is 1. The molecule has 0 unspecified atom stereocenters. The summed E-state index contributed by atoms with van der Waals surface area (Å²) in [5, 5.41) is 3.83. The van der Waals surface area contributed by atoms with Crippen molar-refractivity contribution in [3.05, 3.63) is 89.5 Å². The van der Waals surface area contributed by atoms with Crippen LogP contribution in [0.25, 0.3) is 11.0 Å². The maximum Gasteiger partial charge on any atom is 0.255 e. The van der Waals surface area contributed by atoms with Crippen molar-refractivity contribution in [3.8, 4) is 0 Å². The highest BCUT2D eigenvalue weighted by Gasteiger charge is 2.10. The second kappa shape index (κ2) is 10.4. The summed E-state index contributed by atoms with van der Waals surface area (Å²) < 4.78 is 0. The van der Waals surface area contributed by atoms with Crippen LogP contribution in [0.15, 0.2) is 78.0 Å². The Morgan fingerprint density at radius 1 is 1.00 bits per heavy atom. The van der Waals surface area contributed by atoms with Crippen molar-refractivity contribution in [1.29, 1.82) is 0 Å². The zero-order valence-corrected chi connectivity index (χ0v) is 19.5. The van der Waals surface area contributed by atoms with Crippen LogP contribution in [0.4, 0.5) is 5.69 Å². The first-order valence-electron chi connectivity index (χ1n) is 10.8. The number of thioether (sulfide) groups is 1. The van der Waals surface area contributed by atoms with Gasteiger partial charge >= 0.3 is 0 Å². The van der Waals surface area contributed by atoms with Gasteiger partial charge in [-0.15, -0.1) is 0 Å². The van der Waals surface area contributed by atoms with Gasteiger partial charge in [0.15, 0.2) is 5.16 Å². The van der Waals surface area contributed by atoms with Crippen LogP contribution >= 0.6 is 11.8 Å². The fraction of sp³-hybridized carbons (Fsp3) is 0.192. The molecule has 0 bridgehead atoms. The first-order valence-corrected chi connectivity index (χ1v) is 11.8. The Morgan fingerprint density at radius 3 is 2.52 bits per heavy atom. The van der Waals surface area contributed by atoms with Crippen molar-refractivity contribution >= 4 is 40.3 Å². The molecule has 3 aromatic carbocycles. The van der Waals surface area contributed by atoms with Crippen molar-refractivity contribution in [2.24, 2.45) is 0 Å². The molecule has 0 atom stereocenters. The molecule has 0 aliphatic carbocycles. The number of para-hydroxylation sites is 2. The minimum atomic E-state index is -0.164. The van der Waals surface area contributed by atoms with E-state index in [1.807, 2.05) is 79.7 Å². The molecule has 168 valence electrons. The van der Waals surface area contributed by atoms with Gasteiger partial charge in [0, 0.05) is 37.0 Å². The summed E-state index contributed by atoms with van der Waals surface area (Å²) in [5.74, 6) is 0.626. The number of imidazole rings is 1. The quantitative estimate of drug-likeness (QED) is 0.343. The number of carbonyl (C=O) groups excluding carboxylic acids is 2. The van der Waals surface area contributed by atoms with Gasteiger partial charge < -0.3 is 15.2 Å². The topological polar surface area (TPSA) is 78.1 Å². The van der Waals surface area contributed by atoms with Gasteiger partial charge in [-0.1, -0.05) is 48.2 Å². The fourth-order valence-electron chi connectivity index (χ4n) is 3.52. The molecular formula is C26H26N4O2S. The summed E-state index contributed by atoms with van der Waals surface area (Å²) in [6, 6.07) is 23.2. The SMILES string of the molecule is CCN(Cc1cccc(NC(=O)c2ccc(CSc3nc4ccccc4[nH]3)cc2)c1)C(C)=O. The molecule has 0 saturated heterocycles. The number of hydrogen-bond acceptors (Lipinski definition) is 4. The highest BCUT2D eigenvalue weighted by Crippen LogP contribution is 2.23. The van der Waals surface area contributed by atoms with E-state index in [-0.39, 0.29) is 11.8 Å². The monoisotopic (exact) mass is 458 g/mol. The van der Waals surface area contributed by atoms with Crippen LogP contribution in [0, 0.1) is 0 Å². The molecule has 2 amide bonds. The number of carbonyl (C=O) groups is 2. The Hall–Kier alpha value is -3.58. The average Bonchev–Trinajstić information content (AvgIpc) is 3.24. The van der Waals surface area contributed by atoms with Gasteiger partial charge in [0.2, 0.25) is 5.91 Å². The molecule has 0 aliphatic rings. The Labute approximate surface area is 197 Å². The van der Waals surface area contributed by atoms with Crippen molar-refractivity contribution in [1.82, 2.24) is 14.9 Å². The summed E-state index contributed by atoms with van der Waals surface area (Å²) in [5.41, 5.74) is 5.38. The third-order valence-corrected chi connectivity index (χ3v) is 6.29. The maximum atomic E-state index is 12.7. The second-order valence-electron chi connectivity index (χ2n) is 7.73. The average molecular weight is 459 g/mol. The van der Waals surface area contributed by atoms with E-state index in [1.165, 1.54) is 0 Å². The number of anilines is 1. The van der Waals surface area contributed by atoms with Crippen molar-refractivity contribution in [3.63, 3.8) is 0 Å². The van der Waals surface area contributed by atoms with Gasteiger partial charge in [0.25, 0.3) is 5.91 Å². The second-order valence-corrected chi connectivity index (χ2v) is 8.70. The van der Waals surface area contributed by atoms with Crippen LogP contribution in [-0.4, -0.2) is 33.2 Å². The van der Waals surface area contributed by atoms with E-state index in [0.717, 1.165) is 33.1 Å². The molecule has 4 aromatic rings. The molecule has 1 aromatic heterocycles. The van der Waals surface area contributed by atoms with Crippen LogP contribution in [0.1, 0.15) is 35.3 Å². The van der Waals surface area contributed by atoms with Gasteiger partial charge in [0.1, 0.15) is 0 Å². The summed E-state index contributed by atoms with van der Waals surface area (Å²) in [4.78, 5) is 34.0. The number of nitrogens with zero attached hydrogens (tertiary/aromatic N) is 2. The van der Waals surface area contributed by atoms with Crippen molar-refractivity contribution < 1.29 is 9.59 Å². The van der Waals surface area contributed by atoms with E-state index >= 15 is 0 Å². The molecular weight excluding hydrogens is 432 g/mol. The van der Waals surface area contributed by atoms with Gasteiger partial charge in [-0.3, -0.25) is 9.59 Å². The third-order valence-electron chi connectivity index (χ3n) is 5.34. The number of amides is 2. The maximum absolute atomic E-state index is 12.7. The molecule has 0 spiro atoms. The highest BCUT2D eigenvalue weighted by molar-refractivity contribution is 7.98. The lowest BCUT2D eigenvalue weighted by Crippen LogP contribution is -2.27. The van der Waals surface area contributed by atoms with Gasteiger partial charge in [-0.05, 0) is 54.4 Å². The summed E-state index contributed by atoms with van der Waals surface area (Å²) >= 11 is 1.63. The number of hydrogen-bond donors (Lipinski definition) is 2. The number of rotatable bonds is 8. The lowest BCUT2D eigenvalue weighted by atomic mass is 10.1. The number of aromatic amines is 1. The molecule has 33 heavy (non-hydrogen) atoms. The van der Waals surface area contributed by atoms with Gasteiger partial charge in [0.05, 0.1) is 11.0 Å². The Balaban J connectivity index is 1.35. The van der Waals surface area contributed by atoms with E-state index in [4.69, 9.17) is 0 Å². The Morgan fingerprint density at radius 2 is 1.79 bits per heavy atom. The van der Waals surface area contributed by atoms with E-state index in [2.05, 4.69) is 15.3 Å². The highest BCUT2D eigenvalue weighted by atomic mass is 32.2. The molecule has 0 saturated carbocycles. The molecule has 1 heterocycles. The molecule has 6 nitrogen and oxygen atoms in total. The first-order chi connectivity index (χ1) is 16.0. The normalized spacial score (nSPS) is 10.8. The first kappa shape index (κ1) is 22.6. The standard InChI is InChI=1S/C26H26N4O2S/c1-3-30(18(2)31)16-20-7-6-8-22(15-20)27-25(32)21-13-11-19(12-14-21)17-33-26-28-23-9-4-5-10-24(23)29-26/h4-15H,3,16-17H2,1-2H3,(H,27,32)(H,28,29). The van der Waals surface area contributed by atoms with E-state index in [1.54, 1.807) is 23.6 Å². The molecule has 0 fully saturated rings. The predicted molar refractivity (Wildman–Crippen MR) is 133 cm³/mol. The lowest BCUT2D eigenvalue weighted by Gasteiger charge is -2.19. The fourth-order valence-corrected chi connectivity index (χ4v) is 4.36. The zero-order valence-electron chi connectivity index (χ0n) is 18.7. The van der Waals surface area contributed by atoms with E-state index in [0.29, 0.717) is 24.3 Å². The largest absolute Gasteiger partial charge is 0.339 e. The Bertz CT molecular complexity index is 1230. The number of benzene rings is 3. The number of H-pyrrole nitrogens is 1. The van der Waals surface area contributed by atoms with Crippen molar-refractivity contribution in [2.75, 3.05) is 11.9 Å². The van der Waals surface area contributed by atoms with E-state index in [9.17, 15) is 9.59 Å². The number of nitrogens with one attached hydrogen (secondary N) is 2. The van der Waals surface area contributed by atoms with Crippen LogP contribution < -0.4 is 5.32 Å². The molecule has 2 N–H and O–H groups in total. The minimum Gasteiger partial charge on any atom is -0.339 e. The van der Waals surface area contributed by atoms with Crippen LogP contribution in [0.2, 0.25) is 0 Å². The number of aromatic nitrogens is 2. The Kier molecular flexibility index (Phi) is 7.10. The summed E-state index contributed by atoms with van der Waals surface area (Å²) in [6.45, 7) is 4.68. The van der Waals surface area contributed by atoms with Gasteiger partial charge in [-0.2, -0.15) is 0 Å².